The van der Waals surface area contributed by atoms with Crippen LogP contribution >= 0.6 is 0 Å². The maximum absolute atomic E-state index is 12.5. The minimum atomic E-state index is -4.48. The molecule has 0 amide bonds. The molecule has 0 aliphatic rings. The lowest BCUT2D eigenvalue weighted by molar-refractivity contribution is -0.141. The van der Waals surface area contributed by atoms with Gasteiger partial charge in [-0.25, -0.2) is 9.97 Å². The Labute approximate surface area is 103 Å². The van der Waals surface area contributed by atoms with E-state index in [1.807, 2.05) is 0 Å². The van der Waals surface area contributed by atoms with Gasteiger partial charge in [0.2, 0.25) is 5.95 Å². The molecule has 1 rings (SSSR count). The van der Waals surface area contributed by atoms with Gasteiger partial charge in [0, 0.05) is 32.9 Å². The standard InChI is InChI=1S/C10H15F3N4O/c1-18-7-6-17(5-3-14)9-15-4-2-8(16-9)10(11,12)13/h2,4H,3,5-7,14H2,1H3. The van der Waals surface area contributed by atoms with E-state index in [1.165, 1.54) is 7.11 Å². The zero-order valence-corrected chi connectivity index (χ0v) is 9.94. The third-order valence-electron chi connectivity index (χ3n) is 2.18. The Morgan fingerprint density at radius 1 is 1.39 bits per heavy atom. The van der Waals surface area contributed by atoms with E-state index in [1.54, 1.807) is 4.90 Å². The average Bonchev–Trinajstić information content (AvgIpc) is 2.33. The van der Waals surface area contributed by atoms with Crippen molar-refractivity contribution < 1.29 is 17.9 Å². The van der Waals surface area contributed by atoms with Gasteiger partial charge < -0.3 is 15.4 Å². The minimum absolute atomic E-state index is 0.00678. The summed E-state index contributed by atoms with van der Waals surface area (Å²) in [7, 11) is 1.51. The highest BCUT2D eigenvalue weighted by Gasteiger charge is 2.33. The van der Waals surface area contributed by atoms with Gasteiger partial charge in [0.25, 0.3) is 0 Å². The molecular formula is C10H15F3N4O. The molecule has 0 aliphatic heterocycles. The van der Waals surface area contributed by atoms with Crippen molar-refractivity contribution in [3.05, 3.63) is 18.0 Å². The molecule has 0 radical (unpaired) electrons. The van der Waals surface area contributed by atoms with Crippen molar-refractivity contribution in [3.8, 4) is 0 Å². The van der Waals surface area contributed by atoms with Crippen LogP contribution in [0.5, 0.6) is 0 Å². The molecule has 5 nitrogen and oxygen atoms in total. The van der Waals surface area contributed by atoms with Gasteiger partial charge in [0.1, 0.15) is 5.69 Å². The molecule has 18 heavy (non-hydrogen) atoms. The second kappa shape index (κ2) is 6.50. The molecule has 1 heterocycles. The number of hydrogen-bond donors (Lipinski definition) is 1. The first kappa shape index (κ1) is 14.7. The maximum Gasteiger partial charge on any atom is 0.433 e. The molecule has 0 saturated carbocycles. The van der Waals surface area contributed by atoms with Crippen molar-refractivity contribution in [3.63, 3.8) is 0 Å². The number of nitrogens with two attached hydrogens (primary N) is 1. The number of aromatic nitrogens is 2. The summed E-state index contributed by atoms with van der Waals surface area (Å²) < 4.78 is 42.4. The molecule has 0 atom stereocenters. The summed E-state index contributed by atoms with van der Waals surface area (Å²) >= 11 is 0. The van der Waals surface area contributed by atoms with Crippen LogP contribution in [-0.4, -0.2) is 43.3 Å². The van der Waals surface area contributed by atoms with Crippen molar-refractivity contribution in [2.24, 2.45) is 5.73 Å². The van der Waals surface area contributed by atoms with Crippen LogP contribution in [0.1, 0.15) is 5.69 Å². The van der Waals surface area contributed by atoms with E-state index in [0.29, 0.717) is 26.2 Å². The average molecular weight is 264 g/mol. The molecule has 0 unspecified atom stereocenters. The van der Waals surface area contributed by atoms with Gasteiger partial charge in [-0.05, 0) is 6.07 Å². The first-order chi connectivity index (χ1) is 8.49. The minimum Gasteiger partial charge on any atom is -0.383 e. The zero-order valence-electron chi connectivity index (χ0n) is 9.94. The Morgan fingerprint density at radius 2 is 2.11 bits per heavy atom. The Hall–Kier alpha value is -1.41. The van der Waals surface area contributed by atoms with Crippen LogP contribution in [0.2, 0.25) is 0 Å². The fourth-order valence-electron chi connectivity index (χ4n) is 1.33. The van der Waals surface area contributed by atoms with E-state index in [4.69, 9.17) is 10.5 Å². The fraction of sp³-hybridized carbons (Fsp3) is 0.600. The topological polar surface area (TPSA) is 64.3 Å². The zero-order chi connectivity index (χ0) is 13.6. The van der Waals surface area contributed by atoms with E-state index in [9.17, 15) is 13.2 Å². The number of ether oxygens (including phenoxy) is 1. The quantitative estimate of drug-likeness (QED) is 0.827. The molecule has 1 aromatic heterocycles. The van der Waals surface area contributed by atoms with Crippen LogP contribution in [0, 0.1) is 0 Å². The van der Waals surface area contributed by atoms with Crippen molar-refractivity contribution in [1.82, 2.24) is 9.97 Å². The summed E-state index contributed by atoms with van der Waals surface area (Å²) in [6.07, 6.45) is -3.39. The predicted molar refractivity (Wildman–Crippen MR) is 60.2 cm³/mol. The lowest BCUT2D eigenvalue weighted by atomic mass is 10.4. The van der Waals surface area contributed by atoms with Crippen LogP contribution < -0.4 is 10.6 Å². The van der Waals surface area contributed by atoms with Gasteiger partial charge in [0.15, 0.2) is 0 Å². The van der Waals surface area contributed by atoms with Crippen LogP contribution in [0.3, 0.4) is 0 Å². The Bertz CT molecular complexity index is 372. The molecule has 0 bridgehead atoms. The van der Waals surface area contributed by atoms with E-state index < -0.39 is 11.9 Å². The van der Waals surface area contributed by atoms with Crippen LogP contribution in [0.25, 0.3) is 0 Å². The molecule has 0 saturated heterocycles. The van der Waals surface area contributed by atoms with Crippen molar-refractivity contribution in [1.29, 1.82) is 0 Å². The molecule has 1 aromatic rings. The molecule has 0 aromatic carbocycles. The summed E-state index contributed by atoms with van der Waals surface area (Å²) in [5.74, 6) is 0.00678. The van der Waals surface area contributed by atoms with E-state index in [0.717, 1.165) is 12.3 Å². The highest BCUT2D eigenvalue weighted by Crippen LogP contribution is 2.27. The van der Waals surface area contributed by atoms with Crippen LogP contribution in [0.15, 0.2) is 12.3 Å². The van der Waals surface area contributed by atoms with Crippen molar-refractivity contribution in [2.45, 2.75) is 6.18 Å². The van der Waals surface area contributed by atoms with Gasteiger partial charge in [-0.15, -0.1) is 0 Å². The second-order valence-corrected chi connectivity index (χ2v) is 3.51. The Morgan fingerprint density at radius 3 is 2.67 bits per heavy atom. The van der Waals surface area contributed by atoms with E-state index in [-0.39, 0.29) is 5.95 Å². The normalized spacial score (nSPS) is 11.6. The third kappa shape index (κ3) is 4.11. The number of anilines is 1. The third-order valence-corrected chi connectivity index (χ3v) is 2.18. The van der Waals surface area contributed by atoms with Crippen molar-refractivity contribution >= 4 is 5.95 Å². The number of methoxy groups -OCH3 is 1. The summed E-state index contributed by atoms with van der Waals surface area (Å²) in [5, 5.41) is 0. The smallest absolute Gasteiger partial charge is 0.383 e. The maximum atomic E-state index is 12.5. The first-order valence-electron chi connectivity index (χ1n) is 5.33. The fourth-order valence-corrected chi connectivity index (χ4v) is 1.33. The number of hydrogen-bond acceptors (Lipinski definition) is 5. The number of nitrogens with zero attached hydrogens (tertiary/aromatic N) is 3. The highest BCUT2D eigenvalue weighted by atomic mass is 19.4. The molecule has 2 N–H and O–H groups in total. The summed E-state index contributed by atoms with van der Waals surface area (Å²) in [4.78, 5) is 8.88. The molecule has 0 aliphatic carbocycles. The summed E-state index contributed by atoms with van der Waals surface area (Å²) in [6.45, 7) is 1.41. The van der Waals surface area contributed by atoms with Gasteiger partial charge >= 0.3 is 6.18 Å². The monoisotopic (exact) mass is 264 g/mol. The second-order valence-electron chi connectivity index (χ2n) is 3.51. The lowest BCUT2D eigenvalue weighted by Gasteiger charge is -2.21. The molecule has 102 valence electrons. The van der Waals surface area contributed by atoms with E-state index >= 15 is 0 Å². The predicted octanol–water partition coefficient (Wildman–Crippen LogP) is 0.907. The lowest BCUT2D eigenvalue weighted by Crippen LogP contribution is -2.34. The number of halogens is 3. The van der Waals surface area contributed by atoms with Gasteiger partial charge in [-0.1, -0.05) is 0 Å². The largest absolute Gasteiger partial charge is 0.433 e. The Kier molecular flexibility index (Phi) is 5.29. The van der Waals surface area contributed by atoms with Crippen LogP contribution in [-0.2, 0) is 10.9 Å². The van der Waals surface area contributed by atoms with Gasteiger partial charge in [-0.3, -0.25) is 0 Å². The first-order valence-corrected chi connectivity index (χ1v) is 5.33. The SMILES string of the molecule is COCCN(CCN)c1nccc(C(F)(F)F)n1. The number of rotatable bonds is 6. The van der Waals surface area contributed by atoms with Crippen molar-refractivity contribution in [2.75, 3.05) is 38.3 Å². The molecule has 0 fully saturated rings. The molecule has 8 heteroatoms. The van der Waals surface area contributed by atoms with E-state index in [2.05, 4.69) is 9.97 Å². The Balaban J connectivity index is 2.90. The number of alkyl halides is 3. The molecule has 0 spiro atoms. The summed E-state index contributed by atoms with van der Waals surface area (Å²) in [5.41, 5.74) is 4.44. The summed E-state index contributed by atoms with van der Waals surface area (Å²) in [6, 6.07) is 0.834. The van der Waals surface area contributed by atoms with Gasteiger partial charge in [0.05, 0.1) is 6.61 Å². The molecular weight excluding hydrogens is 249 g/mol. The van der Waals surface area contributed by atoms with Gasteiger partial charge in [-0.2, -0.15) is 13.2 Å². The van der Waals surface area contributed by atoms with Crippen LogP contribution in [0.4, 0.5) is 19.1 Å². The highest BCUT2D eigenvalue weighted by molar-refractivity contribution is 5.30.